The molecule has 0 radical (unpaired) electrons. The predicted octanol–water partition coefficient (Wildman–Crippen LogP) is 8.14. The van der Waals surface area contributed by atoms with Gasteiger partial charge in [-0.05, 0) is 57.9 Å². The molecule has 0 aliphatic rings. The third-order valence-electron chi connectivity index (χ3n) is 4.65. The van der Waals surface area contributed by atoms with E-state index in [-0.39, 0.29) is 5.56 Å². The molecule has 0 spiro atoms. The van der Waals surface area contributed by atoms with Gasteiger partial charge in [0.15, 0.2) is 23.3 Å². The summed E-state index contributed by atoms with van der Waals surface area (Å²) in [7, 11) is 0. The molecule has 0 aliphatic heterocycles. The third-order valence-corrected chi connectivity index (χ3v) is 5.35. The number of hydrogen-bond donors (Lipinski definition) is 0. The highest BCUT2D eigenvalue weighted by atomic mass is 79.9. The van der Waals surface area contributed by atoms with E-state index < -0.39 is 33.3 Å². The average Bonchev–Trinajstić information content (AvgIpc) is 2.79. The lowest BCUT2D eigenvalue weighted by atomic mass is 10.0. The summed E-state index contributed by atoms with van der Waals surface area (Å²) in [5.41, 5.74) is 1.77. The molecule has 0 unspecified atom stereocenters. The van der Waals surface area contributed by atoms with Crippen LogP contribution >= 0.6 is 15.9 Å². The summed E-state index contributed by atoms with van der Waals surface area (Å²) in [6.07, 6.45) is 0. The number of benzene rings is 4. The standard InChI is InChI=1S/C24H14BrF4N/c25-20-23(28)21(26)19(22(27)24(20)29)15-11-13-18(14-12-15)30(16-7-3-1-4-8-16)17-9-5-2-6-10-17/h1-14H. The summed E-state index contributed by atoms with van der Waals surface area (Å²) in [5.74, 6) is -5.83. The summed E-state index contributed by atoms with van der Waals surface area (Å²) in [5, 5.41) is 0. The van der Waals surface area contributed by atoms with Crippen molar-refractivity contribution in [2.24, 2.45) is 0 Å². The van der Waals surface area contributed by atoms with Crippen LogP contribution in [0.25, 0.3) is 11.1 Å². The van der Waals surface area contributed by atoms with Gasteiger partial charge in [-0.2, -0.15) is 0 Å². The van der Waals surface area contributed by atoms with Crippen LogP contribution in [0.1, 0.15) is 0 Å². The number of para-hydroxylation sites is 2. The maximum Gasteiger partial charge on any atom is 0.176 e. The van der Waals surface area contributed by atoms with E-state index in [1.54, 1.807) is 12.1 Å². The van der Waals surface area contributed by atoms with Gasteiger partial charge in [0.2, 0.25) is 0 Å². The lowest BCUT2D eigenvalue weighted by molar-refractivity contribution is 0.451. The van der Waals surface area contributed by atoms with Gasteiger partial charge >= 0.3 is 0 Å². The molecule has 0 bridgehead atoms. The third kappa shape index (κ3) is 3.59. The van der Waals surface area contributed by atoms with Gasteiger partial charge in [-0.25, -0.2) is 17.6 Å². The lowest BCUT2D eigenvalue weighted by Crippen LogP contribution is -2.09. The summed E-state index contributed by atoms with van der Waals surface area (Å²) < 4.78 is 55.7. The van der Waals surface area contributed by atoms with Gasteiger partial charge < -0.3 is 4.90 Å². The van der Waals surface area contributed by atoms with E-state index in [2.05, 4.69) is 15.9 Å². The van der Waals surface area contributed by atoms with Crippen molar-refractivity contribution >= 4 is 33.0 Å². The number of rotatable bonds is 4. The molecular formula is C24H14BrF4N. The van der Waals surface area contributed by atoms with Gasteiger partial charge in [0.05, 0.1) is 10.0 Å². The minimum absolute atomic E-state index is 0.0279. The Morgan fingerprint density at radius 2 is 0.900 bits per heavy atom. The van der Waals surface area contributed by atoms with Gasteiger partial charge in [-0.15, -0.1) is 0 Å². The molecule has 0 heterocycles. The zero-order chi connectivity index (χ0) is 21.3. The Morgan fingerprint density at radius 1 is 0.500 bits per heavy atom. The number of halogens is 5. The second kappa shape index (κ2) is 8.32. The Balaban J connectivity index is 1.81. The molecule has 6 heteroatoms. The molecule has 0 saturated heterocycles. The van der Waals surface area contributed by atoms with Crippen molar-refractivity contribution in [2.45, 2.75) is 0 Å². The van der Waals surface area contributed by atoms with Gasteiger partial charge in [0.25, 0.3) is 0 Å². The zero-order valence-electron chi connectivity index (χ0n) is 15.4. The van der Waals surface area contributed by atoms with Gasteiger partial charge in [0.1, 0.15) is 0 Å². The fraction of sp³-hybridized carbons (Fsp3) is 0. The van der Waals surface area contributed by atoms with Crippen molar-refractivity contribution in [3.8, 4) is 11.1 Å². The van der Waals surface area contributed by atoms with Crippen molar-refractivity contribution < 1.29 is 17.6 Å². The second-order valence-corrected chi connectivity index (χ2v) is 7.29. The smallest absolute Gasteiger partial charge is 0.176 e. The van der Waals surface area contributed by atoms with E-state index in [0.29, 0.717) is 0 Å². The maximum atomic E-state index is 14.4. The van der Waals surface area contributed by atoms with Crippen LogP contribution in [0.4, 0.5) is 34.6 Å². The Labute approximate surface area is 179 Å². The Kier molecular flexibility index (Phi) is 5.59. The van der Waals surface area contributed by atoms with Crippen LogP contribution < -0.4 is 4.90 Å². The molecule has 0 N–H and O–H groups in total. The highest BCUT2D eigenvalue weighted by Gasteiger charge is 2.25. The van der Waals surface area contributed by atoms with Crippen molar-refractivity contribution in [2.75, 3.05) is 4.90 Å². The second-order valence-electron chi connectivity index (χ2n) is 6.50. The van der Waals surface area contributed by atoms with Crippen molar-refractivity contribution in [1.82, 2.24) is 0 Å². The Bertz CT molecular complexity index is 1110. The van der Waals surface area contributed by atoms with E-state index in [4.69, 9.17) is 0 Å². The van der Waals surface area contributed by atoms with Crippen LogP contribution in [-0.2, 0) is 0 Å². The van der Waals surface area contributed by atoms with Crippen LogP contribution in [0.5, 0.6) is 0 Å². The van der Waals surface area contributed by atoms with Crippen molar-refractivity contribution in [3.05, 3.63) is 113 Å². The van der Waals surface area contributed by atoms with E-state index in [1.807, 2.05) is 65.6 Å². The molecule has 4 aromatic rings. The van der Waals surface area contributed by atoms with Crippen LogP contribution in [-0.4, -0.2) is 0 Å². The van der Waals surface area contributed by atoms with E-state index in [0.717, 1.165) is 17.1 Å². The van der Waals surface area contributed by atoms with Crippen LogP contribution in [0.3, 0.4) is 0 Å². The summed E-state index contributed by atoms with van der Waals surface area (Å²) in [6, 6.07) is 25.3. The SMILES string of the molecule is Fc1c(F)c(-c2ccc(N(c3ccccc3)c3ccccc3)cc2)c(F)c(F)c1Br. The van der Waals surface area contributed by atoms with Gasteiger partial charge in [0, 0.05) is 17.1 Å². The topological polar surface area (TPSA) is 3.24 Å². The highest BCUT2D eigenvalue weighted by Crippen LogP contribution is 2.38. The van der Waals surface area contributed by atoms with Crippen molar-refractivity contribution in [3.63, 3.8) is 0 Å². The minimum atomic E-state index is -1.47. The molecule has 0 saturated carbocycles. The number of hydrogen-bond acceptors (Lipinski definition) is 1. The molecule has 0 amide bonds. The summed E-state index contributed by atoms with van der Waals surface area (Å²) in [4.78, 5) is 1.96. The van der Waals surface area contributed by atoms with E-state index in [1.165, 1.54) is 12.1 Å². The Morgan fingerprint density at radius 3 is 1.33 bits per heavy atom. The molecule has 0 aromatic heterocycles. The van der Waals surface area contributed by atoms with Crippen molar-refractivity contribution in [1.29, 1.82) is 0 Å². The van der Waals surface area contributed by atoms with Crippen LogP contribution in [0, 0.1) is 23.3 Å². The molecule has 0 aliphatic carbocycles. The number of nitrogens with zero attached hydrogens (tertiary/aromatic N) is 1. The molecule has 0 atom stereocenters. The first-order valence-electron chi connectivity index (χ1n) is 9.01. The first-order chi connectivity index (χ1) is 14.5. The predicted molar refractivity (Wildman–Crippen MR) is 114 cm³/mol. The highest BCUT2D eigenvalue weighted by molar-refractivity contribution is 9.10. The van der Waals surface area contributed by atoms with Gasteiger partial charge in [-0.1, -0.05) is 48.5 Å². The molecule has 30 heavy (non-hydrogen) atoms. The minimum Gasteiger partial charge on any atom is -0.311 e. The average molecular weight is 472 g/mol. The van der Waals surface area contributed by atoms with E-state index >= 15 is 0 Å². The summed E-state index contributed by atoms with van der Waals surface area (Å²) in [6.45, 7) is 0. The largest absolute Gasteiger partial charge is 0.311 e. The number of anilines is 3. The molecule has 4 rings (SSSR count). The normalized spacial score (nSPS) is 10.8. The molecule has 1 nitrogen and oxygen atoms in total. The first-order valence-corrected chi connectivity index (χ1v) is 9.80. The Hall–Kier alpha value is -3.12. The van der Waals surface area contributed by atoms with Gasteiger partial charge in [-0.3, -0.25) is 0 Å². The monoisotopic (exact) mass is 471 g/mol. The zero-order valence-corrected chi connectivity index (χ0v) is 17.0. The molecule has 150 valence electrons. The maximum absolute atomic E-state index is 14.4. The van der Waals surface area contributed by atoms with E-state index in [9.17, 15) is 17.6 Å². The lowest BCUT2D eigenvalue weighted by Gasteiger charge is -2.25. The molecule has 0 fully saturated rings. The van der Waals surface area contributed by atoms with Crippen LogP contribution in [0.2, 0.25) is 0 Å². The van der Waals surface area contributed by atoms with Crippen LogP contribution in [0.15, 0.2) is 89.4 Å². The first kappa shape index (κ1) is 20.2. The summed E-state index contributed by atoms with van der Waals surface area (Å²) >= 11 is 2.53. The fourth-order valence-corrected chi connectivity index (χ4v) is 3.58. The quantitative estimate of drug-likeness (QED) is 0.165. The molecule has 4 aromatic carbocycles. The fourth-order valence-electron chi connectivity index (χ4n) is 3.24. The molecular weight excluding hydrogens is 458 g/mol.